The molecule has 1 heterocycles. The van der Waals surface area contributed by atoms with Crippen molar-refractivity contribution < 1.29 is 8.42 Å². The van der Waals surface area contributed by atoms with Crippen LogP contribution in [0.5, 0.6) is 0 Å². The van der Waals surface area contributed by atoms with Crippen LogP contribution >= 0.6 is 0 Å². The van der Waals surface area contributed by atoms with Crippen LogP contribution in [0, 0.1) is 6.92 Å². The third-order valence-corrected chi connectivity index (χ3v) is 5.52. The highest BCUT2D eigenvalue weighted by molar-refractivity contribution is 7.92. The van der Waals surface area contributed by atoms with Crippen molar-refractivity contribution >= 4 is 15.7 Å². The molecule has 26 heavy (non-hydrogen) atoms. The summed E-state index contributed by atoms with van der Waals surface area (Å²) in [4.78, 5) is 0.253. The fraction of sp³-hybridized carbons (Fsp3) is 0.250. The monoisotopic (exact) mass is 369 g/mol. The first kappa shape index (κ1) is 18.2. The van der Waals surface area contributed by atoms with E-state index < -0.39 is 10.0 Å². The molecule has 3 aromatic rings. The molecule has 0 bridgehead atoms. The Hall–Kier alpha value is -2.60. The highest BCUT2D eigenvalue weighted by Gasteiger charge is 2.15. The van der Waals surface area contributed by atoms with E-state index in [1.54, 1.807) is 23.0 Å². The fourth-order valence-corrected chi connectivity index (χ4v) is 3.75. The average Bonchev–Trinajstić information content (AvgIpc) is 3.04. The van der Waals surface area contributed by atoms with Gasteiger partial charge >= 0.3 is 0 Å². The summed E-state index contributed by atoms with van der Waals surface area (Å²) >= 11 is 0. The van der Waals surface area contributed by atoms with Crippen molar-refractivity contribution in [1.29, 1.82) is 0 Å². The zero-order valence-electron chi connectivity index (χ0n) is 15.0. The molecule has 136 valence electrons. The van der Waals surface area contributed by atoms with Crippen molar-refractivity contribution in [3.8, 4) is 0 Å². The van der Waals surface area contributed by atoms with Gasteiger partial charge in [0.15, 0.2) is 0 Å². The first-order valence-corrected chi connectivity index (χ1v) is 10.1. The second-order valence-corrected chi connectivity index (χ2v) is 8.09. The Balaban J connectivity index is 1.70. The van der Waals surface area contributed by atoms with Crippen molar-refractivity contribution in [2.24, 2.45) is 0 Å². The van der Waals surface area contributed by atoms with Crippen molar-refractivity contribution in [3.05, 3.63) is 77.6 Å². The maximum atomic E-state index is 12.5. The maximum absolute atomic E-state index is 12.5. The number of rotatable bonds is 7. The molecule has 1 N–H and O–H groups in total. The van der Waals surface area contributed by atoms with Crippen LogP contribution in [0.2, 0.25) is 0 Å². The number of aromatic nitrogens is 2. The van der Waals surface area contributed by atoms with Crippen LogP contribution in [0.3, 0.4) is 0 Å². The van der Waals surface area contributed by atoms with Gasteiger partial charge in [-0.2, -0.15) is 5.10 Å². The van der Waals surface area contributed by atoms with Gasteiger partial charge in [0, 0.05) is 6.20 Å². The lowest BCUT2D eigenvalue weighted by atomic mass is 10.1. The van der Waals surface area contributed by atoms with Gasteiger partial charge in [-0.25, -0.2) is 8.42 Å². The minimum absolute atomic E-state index is 0.253. The van der Waals surface area contributed by atoms with Gasteiger partial charge in [-0.15, -0.1) is 0 Å². The van der Waals surface area contributed by atoms with Gasteiger partial charge < -0.3 is 0 Å². The molecule has 0 aliphatic rings. The second kappa shape index (κ2) is 7.74. The Morgan fingerprint density at radius 3 is 2.31 bits per heavy atom. The third kappa shape index (κ3) is 4.52. The van der Waals surface area contributed by atoms with Gasteiger partial charge in [-0.1, -0.05) is 55.3 Å². The van der Waals surface area contributed by atoms with E-state index >= 15 is 0 Å². The molecule has 2 aromatic carbocycles. The Kier molecular flexibility index (Phi) is 5.42. The van der Waals surface area contributed by atoms with Crippen LogP contribution in [0.25, 0.3) is 0 Å². The summed E-state index contributed by atoms with van der Waals surface area (Å²) in [7, 11) is -3.61. The number of benzene rings is 2. The molecule has 0 amide bonds. The molecule has 0 saturated carbocycles. The van der Waals surface area contributed by atoms with Gasteiger partial charge in [0.05, 0.1) is 23.3 Å². The predicted octanol–water partition coefficient (Wildman–Crippen LogP) is 3.99. The Labute approximate surface area is 154 Å². The van der Waals surface area contributed by atoms with Crippen molar-refractivity contribution in [1.82, 2.24) is 9.78 Å². The number of anilines is 1. The zero-order chi connectivity index (χ0) is 18.6. The van der Waals surface area contributed by atoms with E-state index in [1.807, 2.05) is 43.3 Å². The van der Waals surface area contributed by atoms with E-state index in [9.17, 15) is 8.42 Å². The lowest BCUT2D eigenvalue weighted by molar-refractivity contribution is 0.601. The topological polar surface area (TPSA) is 64.0 Å². The number of nitrogens with zero attached hydrogens (tertiary/aromatic N) is 2. The molecule has 0 aliphatic carbocycles. The number of hydrogen-bond donors (Lipinski definition) is 1. The number of nitrogens with one attached hydrogen (secondary N) is 1. The van der Waals surface area contributed by atoms with Crippen LogP contribution in [-0.4, -0.2) is 18.2 Å². The van der Waals surface area contributed by atoms with Crippen LogP contribution in [0.1, 0.15) is 30.0 Å². The van der Waals surface area contributed by atoms with Gasteiger partial charge in [0.25, 0.3) is 10.0 Å². The molecule has 3 rings (SSSR count). The lowest BCUT2D eigenvalue weighted by Crippen LogP contribution is -2.12. The summed E-state index contributed by atoms with van der Waals surface area (Å²) in [5, 5.41) is 4.24. The summed E-state index contributed by atoms with van der Waals surface area (Å²) in [5.41, 5.74) is 3.90. The molecular formula is C20H23N3O2S. The van der Waals surface area contributed by atoms with E-state index in [0.29, 0.717) is 12.2 Å². The summed E-state index contributed by atoms with van der Waals surface area (Å²) in [6, 6.07) is 15.2. The maximum Gasteiger partial charge on any atom is 0.261 e. The van der Waals surface area contributed by atoms with Gasteiger partial charge in [-0.3, -0.25) is 9.40 Å². The highest BCUT2D eigenvalue weighted by atomic mass is 32.2. The van der Waals surface area contributed by atoms with E-state index in [4.69, 9.17) is 0 Å². The summed E-state index contributed by atoms with van der Waals surface area (Å²) in [6.45, 7) is 4.73. The first-order valence-electron chi connectivity index (χ1n) is 8.66. The molecule has 0 atom stereocenters. The number of sulfonamides is 1. The predicted molar refractivity (Wildman–Crippen MR) is 104 cm³/mol. The van der Waals surface area contributed by atoms with E-state index in [2.05, 4.69) is 16.7 Å². The summed E-state index contributed by atoms with van der Waals surface area (Å²) in [5.74, 6) is 0. The Morgan fingerprint density at radius 1 is 1.00 bits per heavy atom. The van der Waals surface area contributed by atoms with E-state index in [0.717, 1.165) is 24.0 Å². The van der Waals surface area contributed by atoms with Crippen LogP contribution in [-0.2, 0) is 23.0 Å². The number of hydrogen-bond acceptors (Lipinski definition) is 3. The smallest absolute Gasteiger partial charge is 0.261 e. The van der Waals surface area contributed by atoms with Crippen LogP contribution in [0.15, 0.2) is 65.8 Å². The molecule has 1 aromatic heterocycles. The first-order chi connectivity index (χ1) is 12.5. The standard InChI is InChI=1S/C20H23N3O2S/c1-3-4-17-9-11-20(12-10-17)26(24,25)22-19-13-21-23(15-19)14-18-7-5-16(2)6-8-18/h5-13,15,22H,3-4,14H2,1-2H3. The quantitative estimate of drug-likeness (QED) is 0.685. The normalized spacial score (nSPS) is 11.5. The van der Waals surface area contributed by atoms with Gasteiger partial charge in [0.1, 0.15) is 0 Å². The van der Waals surface area contributed by atoms with Crippen LogP contribution < -0.4 is 4.72 Å². The number of aryl methyl sites for hydroxylation is 2. The second-order valence-electron chi connectivity index (χ2n) is 6.41. The largest absolute Gasteiger partial charge is 0.276 e. The molecule has 0 fully saturated rings. The van der Waals surface area contributed by atoms with Crippen molar-refractivity contribution in [2.75, 3.05) is 4.72 Å². The SMILES string of the molecule is CCCc1ccc(S(=O)(=O)Nc2cnn(Cc3ccc(C)cc3)c2)cc1. The summed E-state index contributed by atoms with van der Waals surface area (Å²) in [6.07, 6.45) is 5.20. The van der Waals surface area contributed by atoms with E-state index in [-0.39, 0.29) is 4.90 Å². The van der Waals surface area contributed by atoms with Crippen molar-refractivity contribution in [3.63, 3.8) is 0 Å². The van der Waals surface area contributed by atoms with Crippen molar-refractivity contribution in [2.45, 2.75) is 38.1 Å². The molecule has 0 saturated heterocycles. The van der Waals surface area contributed by atoms with Crippen LogP contribution in [0.4, 0.5) is 5.69 Å². The molecule has 6 heteroatoms. The molecule has 0 unspecified atom stereocenters. The minimum Gasteiger partial charge on any atom is -0.276 e. The molecular weight excluding hydrogens is 346 g/mol. The minimum atomic E-state index is -3.61. The Morgan fingerprint density at radius 2 is 1.65 bits per heavy atom. The Bertz CT molecular complexity index is 959. The molecule has 0 spiro atoms. The lowest BCUT2D eigenvalue weighted by Gasteiger charge is -2.07. The van der Waals surface area contributed by atoms with Gasteiger partial charge in [-0.05, 0) is 36.6 Å². The summed E-state index contributed by atoms with van der Waals surface area (Å²) < 4.78 is 29.4. The van der Waals surface area contributed by atoms with Gasteiger partial charge in [0.2, 0.25) is 0 Å². The molecule has 0 aliphatic heterocycles. The zero-order valence-corrected chi connectivity index (χ0v) is 15.8. The van der Waals surface area contributed by atoms with E-state index in [1.165, 1.54) is 11.8 Å². The average molecular weight is 369 g/mol. The highest BCUT2D eigenvalue weighted by Crippen LogP contribution is 2.17. The molecule has 5 nitrogen and oxygen atoms in total. The molecule has 0 radical (unpaired) electrons. The third-order valence-electron chi connectivity index (χ3n) is 4.12. The fourth-order valence-electron chi connectivity index (χ4n) is 2.72.